The van der Waals surface area contributed by atoms with Gasteiger partial charge >= 0.3 is 0 Å². The van der Waals surface area contributed by atoms with Gasteiger partial charge in [-0.25, -0.2) is 4.90 Å². The van der Waals surface area contributed by atoms with Crippen LogP contribution in [0.1, 0.15) is 20.7 Å². The third-order valence-electron chi connectivity index (χ3n) is 8.32. The van der Waals surface area contributed by atoms with Crippen LogP contribution in [0.4, 0.5) is 39.8 Å². The van der Waals surface area contributed by atoms with Gasteiger partial charge in [-0.3, -0.25) is 9.59 Å². The van der Waals surface area contributed by atoms with E-state index in [-0.39, 0.29) is 11.8 Å². The minimum Gasteiger partial charge on any atom is -0.308 e. The summed E-state index contributed by atoms with van der Waals surface area (Å²) in [5.41, 5.74) is 7.25. The van der Waals surface area contributed by atoms with Crippen LogP contribution in [0.3, 0.4) is 0 Å². The average Bonchev–Trinajstić information content (AvgIpc) is 3.34. The van der Waals surface area contributed by atoms with Crippen molar-refractivity contribution in [1.29, 1.82) is 0 Å². The molecule has 0 radical (unpaired) electrons. The molecule has 45 heavy (non-hydrogen) atoms. The fourth-order valence-electron chi connectivity index (χ4n) is 6.36. The Kier molecular flexibility index (Phi) is 5.91. The van der Waals surface area contributed by atoms with Crippen molar-refractivity contribution in [2.75, 3.05) is 14.7 Å². The highest BCUT2D eigenvalue weighted by Gasteiger charge is 2.38. The number of para-hydroxylation sites is 4. The van der Waals surface area contributed by atoms with E-state index < -0.39 is 0 Å². The maximum Gasteiger partial charge on any atom is 0.266 e. The van der Waals surface area contributed by atoms with Crippen LogP contribution in [-0.2, 0) is 0 Å². The zero-order chi connectivity index (χ0) is 30.1. The van der Waals surface area contributed by atoms with Crippen molar-refractivity contribution in [1.82, 2.24) is 0 Å². The second-order valence-electron chi connectivity index (χ2n) is 10.9. The molecule has 0 saturated heterocycles. The molecule has 3 heterocycles. The highest BCUT2D eigenvalue weighted by Crippen LogP contribution is 2.55. The Hall–Kier alpha value is -5.24. The molecule has 2 amide bonds. The maximum absolute atomic E-state index is 13.8. The zero-order valence-corrected chi connectivity index (χ0v) is 25.4. The smallest absolute Gasteiger partial charge is 0.266 e. The van der Waals surface area contributed by atoms with Gasteiger partial charge in [0.15, 0.2) is 0 Å². The molecule has 6 aromatic carbocycles. The van der Waals surface area contributed by atoms with Gasteiger partial charge in [0, 0.05) is 19.6 Å². The summed E-state index contributed by atoms with van der Waals surface area (Å²) in [4.78, 5) is 38.0. The minimum absolute atomic E-state index is 0.316. The number of fused-ring (bicyclic) bond motifs is 5. The Labute approximate surface area is 268 Å². The summed E-state index contributed by atoms with van der Waals surface area (Å²) in [7, 11) is 0. The Morgan fingerprint density at radius 3 is 1.00 bits per heavy atom. The fourth-order valence-corrected chi connectivity index (χ4v) is 8.47. The molecule has 9 rings (SSSR count). The lowest BCUT2D eigenvalue weighted by Gasteiger charge is -2.36. The highest BCUT2D eigenvalue weighted by molar-refractivity contribution is 8.00. The first-order valence-electron chi connectivity index (χ1n) is 14.6. The first-order valence-corrected chi connectivity index (χ1v) is 16.2. The summed E-state index contributed by atoms with van der Waals surface area (Å²) in [6.07, 6.45) is 0. The third-order valence-corrected chi connectivity index (χ3v) is 10.6. The molecule has 0 unspecified atom stereocenters. The topological polar surface area (TPSA) is 43.9 Å². The van der Waals surface area contributed by atoms with Crippen molar-refractivity contribution < 1.29 is 9.59 Å². The summed E-state index contributed by atoms with van der Waals surface area (Å²) >= 11 is 3.49. The van der Waals surface area contributed by atoms with Gasteiger partial charge in [-0.1, -0.05) is 84.2 Å². The number of rotatable bonds is 3. The van der Waals surface area contributed by atoms with Gasteiger partial charge in [-0.15, -0.1) is 0 Å². The number of carbonyl (C=O) groups is 2. The second-order valence-corrected chi connectivity index (χ2v) is 13.1. The van der Waals surface area contributed by atoms with Gasteiger partial charge in [0.25, 0.3) is 11.8 Å². The summed E-state index contributed by atoms with van der Waals surface area (Å²) in [5, 5.41) is 0. The van der Waals surface area contributed by atoms with Gasteiger partial charge in [-0.05, 0) is 78.9 Å². The number of imide groups is 1. The van der Waals surface area contributed by atoms with Crippen LogP contribution in [0.15, 0.2) is 159 Å². The number of anilines is 7. The van der Waals surface area contributed by atoms with Gasteiger partial charge in [0.1, 0.15) is 0 Å². The zero-order valence-electron chi connectivity index (χ0n) is 23.8. The Bertz CT molecular complexity index is 1970. The number of carbonyl (C=O) groups excluding carboxylic acids is 2. The monoisotopic (exact) mass is 617 g/mol. The van der Waals surface area contributed by atoms with E-state index in [9.17, 15) is 9.59 Å². The van der Waals surface area contributed by atoms with Crippen LogP contribution in [-0.4, -0.2) is 11.8 Å². The predicted molar refractivity (Wildman–Crippen MR) is 182 cm³/mol. The number of hydrogen-bond acceptors (Lipinski definition) is 6. The molecule has 3 aliphatic rings. The summed E-state index contributed by atoms with van der Waals surface area (Å²) in [6, 6.07) is 46.5. The summed E-state index contributed by atoms with van der Waals surface area (Å²) in [6.45, 7) is 0. The normalized spacial score (nSPS) is 14.4. The van der Waals surface area contributed by atoms with Gasteiger partial charge in [-0.2, -0.15) is 0 Å². The number of nitrogens with zero attached hydrogens (tertiary/aromatic N) is 3. The van der Waals surface area contributed by atoms with E-state index in [0.717, 1.165) is 53.7 Å². The molecule has 214 valence electrons. The Balaban J connectivity index is 1.31. The second kappa shape index (κ2) is 10.2. The lowest BCUT2D eigenvalue weighted by molar-refractivity contribution is 0.0926. The summed E-state index contributed by atoms with van der Waals surface area (Å²) in [5.74, 6) is -0.632. The molecule has 6 aromatic rings. The maximum atomic E-state index is 13.8. The molecular weight excluding hydrogens is 595 g/mol. The largest absolute Gasteiger partial charge is 0.308 e. The van der Waals surface area contributed by atoms with Crippen LogP contribution < -0.4 is 14.7 Å². The molecule has 0 saturated carbocycles. The van der Waals surface area contributed by atoms with Crippen LogP contribution in [0.25, 0.3) is 0 Å². The van der Waals surface area contributed by atoms with Crippen LogP contribution in [0.2, 0.25) is 0 Å². The van der Waals surface area contributed by atoms with Crippen molar-refractivity contribution in [2.45, 2.75) is 19.6 Å². The van der Waals surface area contributed by atoms with Crippen LogP contribution in [0, 0.1) is 0 Å². The van der Waals surface area contributed by atoms with Gasteiger partial charge in [0.2, 0.25) is 0 Å². The van der Waals surface area contributed by atoms with E-state index in [4.69, 9.17) is 0 Å². The molecular formula is C38H23N3O2S2. The Morgan fingerprint density at radius 1 is 0.356 bits per heavy atom. The minimum atomic E-state index is -0.316. The molecule has 7 heteroatoms. The molecule has 0 aliphatic carbocycles. The van der Waals surface area contributed by atoms with Crippen LogP contribution in [0.5, 0.6) is 0 Å². The molecule has 0 fully saturated rings. The molecule has 0 aromatic heterocycles. The third kappa shape index (κ3) is 4.05. The lowest BCUT2D eigenvalue weighted by Crippen LogP contribution is -2.30. The molecule has 0 spiro atoms. The number of amides is 2. The molecule has 3 aliphatic heterocycles. The van der Waals surface area contributed by atoms with E-state index in [1.807, 2.05) is 36.4 Å². The van der Waals surface area contributed by atoms with E-state index in [2.05, 4.69) is 88.7 Å². The van der Waals surface area contributed by atoms with E-state index >= 15 is 0 Å². The average molecular weight is 618 g/mol. The predicted octanol–water partition coefficient (Wildman–Crippen LogP) is 10.4. The highest BCUT2D eigenvalue weighted by atomic mass is 32.2. The van der Waals surface area contributed by atoms with E-state index in [0.29, 0.717) is 16.8 Å². The number of hydrogen-bond donors (Lipinski definition) is 0. The number of benzene rings is 6. The van der Waals surface area contributed by atoms with Crippen molar-refractivity contribution in [2.24, 2.45) is 0 Å². The van der Waals surface area contributed by atoms with Gasteiger partial charge in [0.05, 0.1) is 50.9 Å². The van der Waals surface area contributed by atoms with E-state index in [1.54, 1.807) is 47.8 Å². The van der Waals surface area contributed by atoms with Crippen molar-refractivity contribution in [3.8, 4) is 0 Å². The first kappa shape index (κ1) is 26.2. The molecule has 5 nitrogen and oxygen atoms in total. The molecule has 0 bridgehead atoms. The molecule has 0 N–H and O–H groups in total. The first-order chi connectivity index (χ1) is 22.2. The van der Waals surface area contributed by atoms with Gasteiger partial charge < -0.3 is 9.80 Å². The van der Waals surface area contributed by atoms with Crippen molar-refractivity contribution >= 4 is 75.1 Å². The Morgan fingerprint density at radius 2 is 0.644 bits per heavy atom. The lowest BCUT2D eigenvalue weighted by atomic mass is 10.1. The van der Waals surface area contributed by atoms with E-state index in [1.165, 1.54) is 4.90 Å². The standard InChI is InChI=1S/C38H23N3O2S2/c42-37-27-11-1-2-12-28(27)38(43)41(37)26-22-24(39-29-13-3-7-17-33(29)44-34-18-8-4-14-30(34)39)21-25(23-26)40-31-15-5-9-19-35(31)45-36-20-10-6-16-32(36)40/h1-23H. The van der Waals surface area contributed by atoms with Crippen molar-refractivity contribution in [3.63, 3.8) is 0 Å². The fraction of sp³-hybridized carbons (Fsp3) is 0. The SMILES string of the molecule is O=C1c2ccccc2C(=O)N1c1cc(N2c3ccccc3Sc3ccccc32)cc(N2c3ccccc3Sc3ccccc32)c1. The molecule has 0 atom stereocenters. The summed E-state index contributed by atoms with van der Waals surface area (Å²) < 4.78 is 0. The van der Waals surface area contributed by atoms with Crippen LogP contribution >= 0.6 is 23.5 Å². The quantitative estimate of drug-likeness (QED) is 0.184. The van der Waals surface area contributed by atoms with Crippen molar-refractivity contribution in [3.05, 3.63) is 151 Å².